The first kappa shape index (κ1) is 30.5. The fourth-order valence-electron chi connectivity index (χ4n) is 4.85. The molecule has 4 amide bonds. The van der Waals surface area contributed by atoms with Crippen molar-refractivity contribution in [3.05, 3.63) is 77.4 Å². The van der Waals surface area contributed by atoms with Gasteiger partial charge in [0.25, 0.3) is 0 Å². The largest absolute Gasteiger partial charge is 0.485 e. The van der Waals surface area contributed by atoms with E-state index in [4.69, 9.17) is 4.74 Å². The van der Waals surface area contributed by atoms with Crippen LogP contribution in [0.25, 0.3) is 5.57 Å². The second-order valence-corrected chi connectivity index (χ2v) is 9.70. The molecule has 0 atom stereocenters. The Morgan fingerprint density at radius 1 is 1.10 bits per heavy atom. The first-order chi connectivity index (χ1) is 19.4. The number of carbonyl (C=O) groups excluding carboxylic acids is 3. The number of imide groups is 1. The van der Waals surface area contributed by atoms with Crippen LogP contribution in [0.5, 0.6) is 5.75 Å². The Balaban J connectivity index is 1.94. The van der Waals surface area contributed by atoms with Crippen LogP contribution < -0.4 is 9.64 Å². The lowest BCUT2D eigenvalue weighted by atomic mass is 10.0. The average Bonchev–Trinajstić information content (AvgIpc) is 2.98. The van der Waals surface area contributed by atoms with E-state index >= 15 is 0 Å². The number of likely N-dealkylation sites (tertiary alicyclic amines) is 1. The fourth-order valence-corrected chi connectivity index (χ4v) is 4.85. The number of urea groups is 1. The number of hydrogen-bond acceptors (Lipinski definition) is 4. The van der Waals surface area contributed by atoms with Gasteiger partial charge >= 0.3 is 6.03 Å². The van der Waals surface area contributed by atoms with E-state index in [0.717, 1.165) is 28.0 Å². The van der Waals surface area contributed by atoms with E-state index in [2.05, 4.69) is 0 Å². The molecule has 2 aromatic rings. The highest BCUT2D eigenvalue weighted by Gasteiger charge is 2.33. The summed E-state index contributed by atoms with van der Waals surface area (Å²) in [5, 5.41) is 0. The van der Waals surface area contributed by atoms with Gasteiger partial charge in [0, 0.05) is 24.8 Å². The molecule has 214 valence electrons. The predicted octanol–water partition coefficient (Wildman–Crippen LogP) is 5.87. The van der Waals surface area contributed by atoms with Crippen LogP contribution >= 0.6 is 0 Å². The highest BCUT2D eigenvalue weighted by atomic mass is 19.1. The Morgan fingerprint density at radius 2 is 1.82 bits per heavy atom. The van der Waals surface area contributed by atoms with Gasteiger partial charge in [-0.25, -0.2) is 13.6 Å². The van der Waals surface area contributed by atoms with Gasteiger partial charge in [-0.05, 0) is 80.1 Å². The molecule has 0 N–H and O–H groups in total. The van der Waals surface area contributed by atoms with Crippen molar-refractivity contribution in [1.82, 2.24) is 9.80 Å². The lowest BCUT2D eigenvalue weighted by Gasteiger charge is -2.39. The number of allylic oxidation sites excluding steroid dienone is 4. The highest BCUT2D eigenvalue weighted by Crippen LogP contribution is 2.31. The number of ether oxygens (including phenoxy) is 1. The summed E-state index contributed by atoms with van der Waals surface area (Å²) in [6, 6.07) is 11.8. The summed E-state index contributed by atoms with van der Waals surface area (Å²) in [6.07, 6.45) is 7.13. The van der Waals surface area contributed by atoms with Gasteiger partial charge in [0.05, 0.1) is 6.54 Å². The van der Waals surface area contributed by atoms with Crippen LogP contribution in [-0.2, 0) is 16.1 Å². The second kappa shape index (κ2) is 15.0. The molecule has 0 aliphatic carbocycles. The molecule has 7 nitrogen and oxygen atoms in total. The first-order valence-corrected chi connectivity index (χ1v) is 13.4. The zero-order chi connectivity index (χ0) is 29.1. The van der Waals surface area contributed by atoms with Crippen LogP contribution in [0.15, 0.2) is 60.7 Å². The van der Waals surface area contributed by atoms with Crippen LogP contribution in [0, 0.1) is 6.92 Å². The van der Waals surface area contributed by atoms with Crippen molar-refractivity contribution < 1.29 is 27.9 Å². The van der Waals surface area contributed by atoms with Crippen LogP contribution in [0.3, 0.4) is 0 Å². The molecular formula is C31H37F2N3O4. The molecule has 1 fully saturated rings. The Labute approximate surface area is 234 Å². The molecule has 1 saturated heterocycles. The monoisotopic (exact) mass is 553 g/mol. The van der Waals surface area contributed by atoms with Crippen molar-refractivity contribution in [1.29, 1.82) is 0 Å². The minimum Gasteiger partial charge on any atom is -0.485 e. The van der Waals surface area contributed by atoms with Crippen LogP contribution in [-0.4, -0.2) is 67.2 Å². The molecule has 1 heterocycles. The van der Waals surface area contributed by atoms with Gasteiger partial charge in [0.2, 0.25) is 12.8 Å². The Morgan fingerprint density at radius 3 is 2.40 bits per heavy atom. The molecule has 40 heavy (non-hydrogen) atoms. The van der Waals surface area contributed by atoms with E-state index in [1.165, 1.54) is 0 Å². The number of halogens is 2. The predicted molar refractivity (Wildman–Crippen MR) is 153 cm³/mol. The maximum Gasteiger partial charge on any atom is 0.331 e. The van der Waals surface area contributed by atoms with Gasteiger partial charge in [-0.2, -0.15) is 0 Å². The third-order valence-corrected chi connectivity index (χ3v) is 6.94. The molecule has 1 aliphatic rings. The van der Waals surface area contributed by atoms with E-state index in [1.54, 1.807) is 34.9 Å². The summed E-state index contributed by atoms with van der Waals surface area (Å²) in [4.78, 5) is 42.0. The molecule has 0 aromatic heterocycles. The molecule has 0 bridgehead atoms. The number of aryl methyl sites for hydroxylation is 1. The lowest BCUT2D eigenvalue weighted by Crippen LogP contribution is -2.52. The van der Waals surface area contributed by atoms with Crippen molar-refractivity contribution in [2.45, 2.75) is 52.3 Å². The third kappa shape index (κ3) is 7.55. The number of carbonyl (C=O) groups is 3. The number of nitrogens with zero attached hydrogens (tertiary/aromatic N) is 3. The fraction of sp³-hybridized carbons (Fsp3) is 0.387. The molecule has 1 aliphatic heterocycles. The summed E-state index contributed by atoms with van der Waals surface area (Å²) in [5.74, 6) is 0.287. The molecule has 9 heteroatoms. The average molecular weight is 554 g/mol. The zero-order valence-corrected chi connectivity index (χ0v) is 23.3. The van der Waals surface area contributed by atoms with Crippen LogP contribution in [0.2, 0.25) is 0 Å². The van der Waals surface area contributed by atoms with E-state index < -0.39 is 25.5 Å². The van der Waals surface area contributed by atoms with Crippen molar-refractivity contribution in [2.75, 3.05) is 31.3 Å². The Kier molecular flexibility index (Phi) is 11.4. The van der Waals surface area contributed by atoms with E-state index in [-0.39, 0.29) is 18.3 Å². The quantitative estimate of drug-likeness (QED) is 0.244. The van der Waals surface area contributed by atoms with Crippen LogP contribution in [0.1, 0.15) is 43.4 Å². The van der Waals surface area contributed by atoms with E-state index in [9.17, 15) is 23.2 Å². The van der Waals surface area contributed by atoms with E-state index in [0.29, 0.717) is 43.6 Å². The smallest absolute Gasteiger partial charge is 0.331 e. The number of anilines is 1. The maximum atomic E-state index is 14.0. The van der Waals surface area contributed by atoms with Crippen molar-refractivity contribution in [3.8, 4) is 5.75 Å². The van der Waals surface area contributed by atoms with Crippen molar-refractivity contribution >= 4 is 30.1 Å². The Hall–Kier alpha value is -4.01. The minimum absolute atomic E-state index is 0.0710. The Bertz CT molecular complexity index is 1220. The van der Waals surface area contributed by atoms with Crippen molar-refractivity contribution in [2.24, 2.45) is 0 Å². The molecule has 2 aromatic carbocycles. The summed E-state index contributed by atoms with van der Waals surface area (Å²) < 4.78 is 31.4. The molecular weight excluding hydrogens is 516 g/mol. The third-order valence-electron chi connectivity index (χ3n) is 6.94. The molecule has 0 unspecified atom stereocenters. The van der Waals surface area contributed by atoms with Gasteiger partial charge < -0.3 is 9.64 Å². The summed E-state index contributed by atoms with van der Waals surface area (Å²) in [7, 11) is 0. The topological polar surface area (TPSA) is 70.2 Å². The lowest BCUT2D eigenvalue weighted by molar-refractivity contribution is -0.119. The van der Waals surface area contributed by atoms with E-state index in [1.807, 2.05) is 56.3 Å². The van der Waals surface area contributed by atoms with Gasteiger partial charge in [0.1, 0.15) is 19.1 Å². The molecule has 3 rings (SSSR count). The number of benzene rings is 2. The first-order valence-electron chi connectivity index (χ1n) is 13.4. The minimum atomic E-state index is -1.20. The summed E-state index contributed by atoms with van der Waals surface area (Å²) >= 11 is 0. The number of piperidine rings is 1. The van der Waals surface area contributed by atoms with Gasteiger partial charge in [0.15, 0.2) is 6.10 Å². The second-order valence-electron chi connectivity index (χ2n) is 9.70. The number of amides is 4. The van der Waals surface area contributed by atoms with Crippen LogP contribution in [0.4, 0.5) is 19.3 Å². The highest BCUT2D eigenvalue weighted by molar-refractivity contribution is 5.98. The van der Waals surface area contributed by atoms with Gasteiger partial charge in [-0.1, -0.05) is 36.4 Å². The van der Waals surface area contributed by atoms with Gasteiger partial charge in [-0.15, -0.1) is 0 Å². The number of alkyl halides is 2. The SMILES string of the molecule is C/C=C\C(=C/C)c1cccc(CN(C=O)C(=O)N(c2ccc(OC(CF)CF)cc2C)C2CCN(C=O)CC2)c1. The van der Waals surface area contributed by atoms with Gasteiger partial charge in [-0.3, -0.25) is 19.4 Å². The normalized spacial score (nSPS) is 14.4. The molecule has 0 saturated carbocycles. The number of hydrogen-bond donors (Lipinski definition) is 0. The molecule has 0 radical (unpaired) electrons. The number of rotatable bonds is 12. The maximum absolute atomic E-state index is 14.0. The standard InChI is InChI=1S/C31H37F2N3O4/c1-4-7-25(5-2)26-9-6-8-24(17-26)20-35(22-38)31(39)36(27-12-14-34(21-37)15-13-27)30-11-10-28(16-23(30)3)40-29(18-32)19-33/h4-11,16-17,21-22,27,29H,12-15,18-20H2,1-3H3/b7-4-,25-5+. The summed E-state index contributed by atoms with van der Waals surface area (Å²) in [6.45, 7) is 4.77. The summed E-state index contributed by atoms with van der Waals surface area (Å²) in [5.41, 5.74) is 4.00. The van der Waals surface area contributed by atoms with Crippen molar-refractivity contribution in [3.63, 3.8) is 0 Å². The molecule has 0 spiro atoms. The zero-order valence-electron chi connectivity index (χ0n) is 23.3.